The molecule has 32 heavy (non-hydrogen) atoms. The summed E-state index contributed by atoms with van der Waals surface area (Å²) >= 11 is 0. The number of rotatable bonds is 10. The number of aromatic nitrogens is 1. The maximum absolute atomic E-state index is 14.3. The highest BCUT2D eigenvalue weighted by molar-refractivity contribution is 5.97. The number of carbonyl (C=O) groups is 3. The van der Waals surface area contributed by atoms with Crippen molar-refractivity contribution < 1.29 is 32.3 Å². The molecule has 168 valence electrons. The second kappa shape index (κ2) is 9.99. The summed E-state index contributed by atoms with van der Waals surface area (Å²) in [6.45, 7) is -1.24. The van der Waals surface area contributed by atoms with Gasteiger partial charge in [-0.1, -0.05) is 42.5 Å². The molecule has 3 rings (SSSR count). The van der Waals surface area contributed by atoms with Crippen molar-refractivity contribution in [1.82, 2.24) is 9.88 Å². The number of primary amides is 1. The zero-order chi connectivity index (χ0) is 23.1. The zero-order valence-electron chi connectivity index (χ0n) is 17.0. The van der Waals surface area contributed by atoms with Crippen molar-refractivity contribution >= 4 is 28.9 Å². The number of carbonyl (C=O) groups excluding carboxylic acids is 3. The Hall–Kier alpha value is -3.82. The van der Waals surface area contributed by atoms with Crippen molar-refractivity contribution in [3.8, 4) is 0 Å². The Morgan fingerprint density at radius 1 is 1.06 bits per heavy atom. The number of nitrogens with zero attached hydrogens (tertiary/aromatic N) is 2. The molecule has 1 aromatic heterocycles. The number of Topliss-reactive ketones (excluding diaryl/α,β-unsaturated/α-hetero) is 1. The van der Waals surface area contributed by atoms with Crippen LogP contribution in [0.4, 0.5) is 13.6 Å². The van der Waals surface area contributed by atoms with Gasteiger partial charge in [0, 0.05) is 19.3 Å². The molecule has 0 saturated carbocycles. The second-order valence-electron chi connectivity index (χ2n) is 7.11. The number of fused-ring (bicyclic) bond motifs is 1. The molecule has 2 amide bonds. The standard InChI is InChI=1S/C22H21F2N3O5/c23-22(24,12-15-6-2-1-3-7-15)11-10-19(29)27(14-31-21(25)30)13-17(28)20-26-16-8-4-5-9-18(16)32-20/h1-9H,10-14H2,(H2,25,30). The van der Waals surface area contributed by atoms with Gasteiger partial charge in [-0.25, -0.2) is 18.6 Å². The molecule has 0 unspecified atom stereocenters. The number of nitrogens with two attached hydrogens (primary N) is 1. The number of hydrogen-bond donors (Lipinski definition) is 1. The summed E-state index contributed by atoms with van der Waals surface area (Å²) in [5.41, 5.74) is 6.19. The number of hydrogen-bond acceptors (Lipinski definition) is 6. The fraction of sp³-hybridized carbons (Fsp3) is 0.273. The molecule has 3 aromatic rings. The Morgan fingerprint density at radius 2 is 1.75 bits per heavy atom. The molecule has 10 heteroatoms. The van der Waals surface area contributed by atoms with Crippen LogP contribution in [0.5, 0.6) is 0 Å². The van der Waals surface area contributed by atoms with Gasteiger partial charge in [-0.3, -0.25) is 9.59 Å². The minimum absolute atomic E-state index is 0.252. The van der Waals surface area contributed by atoms with Crippen LogP contribution in [0.25, 0.3) is 11.1 Å². The number of oxazole rings is 1. The van der Waals surface area contributed by atoms with Gasteiger partial charge in [0.05, 0.1) is 6.54 Å². The first-order valence-electron chi connectivity index (χ1n) is 9.74. The lowest BCUT2D eigenvalue weighted by molar-refractivity contribution is -0.136. The molecule has 0 aliphatic rings. The Morgan fingerprint density at radius 3 is 2.44 bits per heavy atom. The number of amides is 2. The largest absolute Gasteiger partial charge is 0.434 e. The lowest BCUT2D eigenvalue weighted by Crippen LogP contribution is -2.39. The van der Waals surface area contributed by atoms with E-state index in [0.717, 1.165) is 4.90 Å². The quantitative estimate of drug-likeness (QED) is 0.377. The van der Waals surface area contributed by atoms with Crippen LogP contribution in [0.15, 0.2) is 59.0 Å². The average Bonchev–Trinajstić information content (AvgIpc) is 3.19. The minimum atomic E-state index is -3.14. The third kappa shape index (κ3) is 6.34. The van der Waals surface area contributed by atoms with Crippen LogP contribution in [0.2, 0.25) is 0 Å². The van der Waals surface area contributed by atoms with E-state index in [9.17, 15) is 23.2 Å². The number of benzene rings is 2. The maximum Gasteiger partial charge on any atom is 0.406 e. The van der Waals surface area contributed by atoms with Crippen LogP contribution >= 0.6 is 0 Å². The van der Waals surface area contributed by atoms with E-state index < -0.39 is 56.2 Å². The van der Waals surface area contributed by atoms with Crippen LogP contribution in [0.3, 0.4) is 0 Å². The van der Waals surface area contributed by atoms with E-state index in [1.54, 1.807) is 54.6 Å². The molecule has 1 heterocycles. The van der Waals surface area contributed by atoms with E-state index in [4.69, 9.17) is 10.2 Å². The first-order valence-corrected chi connectivity index (χ1v) is 9.74. The number of para-hydroxylation sites is 2. The van der Waals surface area contributed by atoms with Gasteiger partial charge >= 0.3 is 6.09 Å². The average molecular weight is 445 g/mol. The number of halogens is 2. The lowest BCUT2D eigenvalue weighted by atomic mass is 10.0. The third-order valence-corrected chi connectivity index (χ3v) is 4.59. The predicted octanol–water partition coefficient (Wildman–Crippen LogP) is 3.55. The second-order valence-corrected chi connectivity index (χ2v) is 7.11. The molecular formula is C22H21F2N3O5. The van der Waals surface area contributed by atoms with Crippen molar-refractivity contribution in [3.63, 3.8) is 0 Å². The molecule has 0 aliphatic heterocycles. The normalized spacial score (nSPS) is 11.3. The summed E-state index contributed by atoms with van der Waals surface area (Å²) in [7, 11) is 0. The molecule has 8 nitrogen and oxygen atoms in total. The fourth-order valence-corrected chi connectivity index (χ4v) is 3.01. The van der Waals surface area contributed by atoms with Crippen LogP contribution in [0.1, 0.15) is 29.1 Å². The summed E-state index contributed by atoms with van der Waals surface area (Å²) in [6.07, 6.45) is -3.01. The summed E-state index contributed by atoms with van der Waals surface area (Å²) in [6, 6.07) is 14.8. The summed E-state index contributed by atoms with van der Waals surface area (Å²) in [4.78, 5) is 40.9. The van der Waals surface area contributed by atoms with Crippen molar-refractivity contribution in [2.75, 3.05) is 13.3 Å². The molecule has 2 aromatic carbocycles. The van der Waals surface area contributed by atoms with E-state index >= 15 is 0 Å². The Bertz CT molecular complexity index is 1070. The third-order valence-electron chi connectivity index (χ3n) is 4.59. The highest BCUT2D eigenvalue weighted by Gasteiger charge is 2.31. The molecule has 0 aliphatic carbocycles. The van der Waals surface area contributed by atoms with Gasteiger partial charge in [-0.2, -0.15) is 0 Å². The predicted molar refractivity (Wildman–Crippen MR) is 110 cm³/mol. The molecule has 2 N–H and O–H groups in total. The van der Waals surface area contributed by atoms with Crippen molar-refractivity contribution in [2.24, 2.45) is 5.73 Å². The maximum atomic E-state index is 14.3. The molecule has 0 spiro atoms. The van der Waals surface area contributed by atoms with Gasteiger partial charge < -0.3 is 19.8 Å². The van der Waals surface area contributed by atoms with Gasteiger partial charge in [0.25, 0.3) is 11.8 Å². The Balaban J connectivity index is 1.64. The summed E-state index contributed by atoms with van der Waals surface area (Å²) in [5, 5.41) is 0. The Kier molecular flexibility index (Phi) is 7.14. The molecule has 0 bridgehead atoms. The van der Waals surface area contributed by atoms with Gasteiger partial charge in [0.2, 0.25) is 11.7 Å². The highest BCUT2D eigenvalue weighted by atomic mass is 19.3. The fourth-order valence-electron chi connectivity index (χ4n) is 3.01. The van der Waals surface area contributed by atoms with Crippen molar-refractivity contribution in [1.29, 1.82) is 0 Å². The minimum Gasteiger partial charge on any atom is -0.434 e. The number of ether oxygens (including phenoxy) is 1. The van der Waals surface area contributed by atoms with Gasteiger partial charge in [0.1, 0.15) is 5.52 Å². The number of alkyl halides is 2. The van der Waals surface area contributed by atoms with Crippen LogP contribution in [-0.4, -0.2) is 46.9 Å². The lowest BCUT2D eigenvalue weighted by Gasteiger charge is -2.22. The molecule has 0 radical (unpaired) electrons. The Labute approximate surface area is 181 Å². The number of ketones is 1. The van der Waals surface area contributed by atoms with Gasteiger partial charge in [0.15, 0.2) is 12.3 Å². The first kappa shape index (κ1) is 22.9. The van der Waals surface area contributed by atoms with Crippen LogP contribution in [-0.2, 0) is 16.0 Å². The monoisotopic (exact) mass is 445 g/mol. The molecular weight excluding hydrogens is 424 g/mol. The first-order chi connectivity index (χ1) is 15.2. The van der Waals surface area contributed by atoms with Crippen molar-refractivity contribution in [3.05, 3.63) is 66.1 Å². The molecule has 0 atom stereocenters. The van der Waals surface area contributed by atoms with E-state index in [1.807, 2.05) is 0 Å². The van der Waals surface area contributed by atoms with Gasteiger partial charge in [-0.05, 0) is 17.7 Å². The van der Waals surface area contributed by atoms with E-state index in [2.05, 4.69) is 9.72 Å². The summed E-state index contributed by atoms with van der Waals surface area (Å²) < 4.78 is 38.6. The van der Waals surface area contributed by atoms with Crippen molar-refractivity contribution in [2.45, 2.75) is 25.2 Å². The van der Waals surface area contributed by atoms with E-state index in [-0.39, 0.29) is 5.89 Å². The SMILES string of the molecule is NC(=O)OCN(CC(=O)c1nc2ccccc2o1)C(=O)CCC(F)(F)Cc1ccccc1. The molecule has 0 saturated heterocycles. The summed E-state index contributed by atoms with van der Waals surface area (Å²) in [5.74, 6) is -4.88. The van der Waals surface area contributed by atoms with Gasteiger partial charge in [-0.15, -0.1) is 0 Å². The highest BCUT2D eigenvalue weighted by Crippen LogP contribution is 2.26. The van der Waals surface area contributed by atoms with E-state index in [0.29, 0.717) is 16.7 Å². The van der Waals surface area contributed by atoms with Crippen LogP contribution in [0, 0.1) is 0 Å². The zero-order valence-corrected chi connectivity index (χ0v) is 17.0. The molecule has 0 fully saturated rings. The smallest absolute Gasteiger partial charge is 0.406 e. The van der Waals surface area contributed by atoms with E-state index in [1.165, 1.54) is 0 Å². The topological polar surface area (TPSA) is 116 Å². The van der Waals surface area contributed by atoms with Crippen LogP contribution < -0.4 is 5.73 Å².